The lowest BCUT2D eigenvalue weighted by molar-refractivity contribution is -0.136. The number of hydrogen-bond donors (Lipinski definition) is 1. The molecule has 0 radical (unpaired) electrons. The number of hydrogen-bond acceptors (Lipinski definition) is 2. The number of amides is 1. The summed E-state index contributed by atoms with van der Waals surface area (Å²) in [6.45, 7) is 3.81. The first-order valence-electron chi connectivity index (χ1n) is 7.30. The lowest BCUT2D eigenvalue weighted by atomic mass is 9.97. The molecule has 3 nitrogen and oxygen atoms in total. The van der Waals surface area contributed by atoms with Gasteiger partial charge in [0.05, 0.1) is 0 Å². The highest BCUT2D eigenvalue weighted by Crippen LogP contribution is 2.17. The lowest BCUT2D eigenvalue weighted by Crippen LogP contribution is -2.46. The Hall–Kier alpha value is -1.42. The predicted octanol–water partition coefficient (Wildman–Crippen LogP) is 2.21. The Labute approximate surface area is 120 Å². The molecule has 0 aliphatic carbocycles. The van der Waals surface area contributed by atoms with E-state index in [4.69, 9.17) is 0 Å². The molecule has 1 aliphatic rings. The molecule has 1 aliphatic heterocycles. The molecule has 1 saturated heterocycles. The number of carbonyl (C=O) groups excluding carboxylic acids is 1. The van der Waals surface area contributed by atoms with Crippen molar-refractivity contribution in [3.05, 3.63) is 35.6 Å². The zero-order valence-electron chi connectivity index (χ0n) is 12.2. The number of nitrogens with one attached hydrogen (secondary N) is 1. The molecule has 0 aromatic heterocycles. The molecule has 0 bridgehead atoms. The molecule has 1 amide bonds. The zero-order valence-corrected chi connectivity index (χ0v) is 12.2. The number of piperidine rings is 1. The Balaban J connectivity index is 1.96. The Morgan fingerprint density at radius 2 is 2.05 bits per heavy atom. The van der Waals surface area contributed by atoms with Crippen LogP contribution in [0.25, 0.3) is 0 Å². The first-order valence-corrected chi connectivity index (χ1v) is 7.30. The van der Waals surface area contributed by atoms with Crippen LogP contribution in [0.5, 0.6) is 0 Å². The van der Waals surface area contributed by atoms with Crippen molar-refractivity contribution in [3.8, 4) is 0 Å². The smallest absolute Gasteiger partial charge is 0.225 e. The topological polar surface area (TPSA) is 32.3 Å². The standard InChI is InChI=1S/C16H23FN2O/c1-12(11-13-5-3-4-6-15(13)17)16(20)19(2)14-7-9-18-10-8-14/h3-6,12,14,18H,7-11H2,1-2H3. The summed E-state index contributed by atoms with van der Waals surface area (Å²) >= 11 is 0. The van der Waals surface area contributed by atoms with E-state index in [0.29, 0.717) is 18.0 Å². The van der Waals surface area contributed by atoms with Gasteiger partial charge in [0.2, 0.25) is 5.91 Å². The van der Waals surface area contributed by atoms with Crippen molar-refractivity contribution in [2.45, 2.75) is 32.2 Å². The van der Waals surface area contributed by atoms with Crippen LogP contribution < -0.4 is 5.32 Å². The second-order valence-corrected chi connectivity index (χ2v) is 5.63. The summed E-state index contributed by atoms with van der Waals surface area (Å²) in [5.41, 5.74) is 0.618. The van der Waals surface area contributed by atoms with Crippen LogP contribution in [0.15, 0.2) is 24.3 Å². The van der Waals surface area contributed by atoms with Crippen LogP contribution in [0, 0.1) is 11.7 Å². The first kappa shape index (κ1) is 15.0. The summed E-state index contributed by atoms with van der Waals surface area (Å²) in [4.78, 5) is 14.3. The van der Waals surface area contributed by atoms with Crippen molar-refractivity contribution in [1.82, 2.24) is 10.2 Å². The van der Waals surface area contributed by atoms with Crippen LogP contribution in [0.2, 0.25) is 0 Å². The summed E-state index contributed by atoms with van der Waals surface area (Å²) in [5.74, 6) is -0.302. The minimum Gasteiger partial charge on any atom is -0.342 e. The maximum atomic E-state index is 13.6. The van der Waals surface area contributed by atoms with Gasteiger partial charge < -0.3 is 10.2 Å². The Morgan fingerprint density at radius 3 is 2.70 bits per heavy atom. The fourth-order valence-electron chi connectivity index (χ4n) is 2.80. The maximum absolute atomic E-state index is 13.6. The van der Waals surface area contributed by atoms with Crippen LogP contribution in [0.4, 0.5) is 4.39 Å². The van der Waals surface area contributed by atoms with E-state index in [1.807, 2.05) is 24.9 Å². The molecule has 0 spiro atoms. The number of halogens is 1. The minimum atomic E-state index is -0.225. The molecule has 1 aromatic rings. The third-order valence-electron chi connectivity index (χ3n) is 4.11. The van der Waals surface area contributed by atoms with Crippen LogP contribution in [0.3, 0.4) is 0 Å². The molecule has 1 aromatic carbocycles. The zero-order chi connectivity index (χ0) is 14.5. The van der Waals surface area contributed by atoms with Crippen LogP contribution in [-0.4, -0.2) is 37.0 Å². The van der Waals surface area contributed by atoms with Gasteiger partial charge >= 0.3 is 0 Å². The minimum absolute atomic E-state index is 0.111. The van der Waals surface area contributed by atoms with E-state index >= 15 is 0 Å². The molecule has 1 unspecified atom stereocenters. The molecule has 1 fully saturated rings. The SMILES string of the molecule is CC(Cc1ccccc1F)C(=O)N(C)C1CCNCC1. The van der Waals surface area contributed by atoms with E-state index in [0.717, 1.165) is 25.9 Å². The number of carbonyl (C=O) groups is 1. The third kappa shape index (κ3) is 3.57. The van der Waals surface area contributed by atoms with E-state index < -0.39 is 0 Å². The van der Waals surface area contributed by atoms with Gasteiger partial charge in [0, 0.05) is 19.0 Å². The molecule has 0 saturated carbocycles. The van der Waals surface area contributed by atoms with Crippen molar-refractivity contribution in [2.24, 2.45) is 5.92 Å². The number of benzene rings is 1. The third-order valence-corrected chi connectivity index (χ3v) is 4.11. The van der Waals surface area contributed by atoms with Crippen molar-refractivity contribution >= 4 is 5.91 Å². The highest BCUT2D eigenvalue weighted by atomic mass is 19.1. The molecule has 2 rings (SSSR count). The van der Waals surface area contributed by atoms with Gasteiger partial charge in [0.1, 0.15) is 5.82 Å². The van der Waals surface area contributed by atoms with E-state index in [1.165, 1.54) is 6.07 Å². The summed E-state index contributed by atoms with van der Waals surface area (Å²) in [6, 6.07) is 7.00. The van der Waals surface area contributed by atoms with Gasteiger partial charge in [-0.3, -0.25) is 4.79 Å². The van der Waals surface area contributed by atoms with E-state index in [2.05, 4.69) is 5.32 Å². The first-order chi connectivity index (χ1) is 9.59. The molecule has 4 heteroatoms. The predicted molar refractivity (Wildman–Crippen MR) is 77.9 cm³/mol. The summed E-state index contributed by atoms with van der Waals surface area (Å²) in [6.07, 6.45) is 2.45. The fraction of sp³-hybridized carbons (Fsp3) is 0.562. The normalized spacial score (nSPS) is 17.8. The monoisotopic (exact) mass is 278 g/mol. The van der Waals surface area contributed by atoms with Gasteiger partial charge in [0.25, 0.3) is 0 Å². The Bertz CT molecular complexity index is 458. The van der Waals surface area contributed by atoms with Crippen molar-refractivity contribution < 1.29 is 9.18 Å². The van der Waals surface area contributed by atoms with Crippen LogP contribution >= 0.6 is 0 Å². The lowest BCUT2D eigenvalue weighted by Gasteiger charge is -2.33. The van der Waals surface area contributed by atoms with Gasteiger partial charge in [0.15, 0.2) is 0 Å². The quantitative estimate of drug-likeness (QED) is 0.916. The number of rotatable bonds is 4. The Kier molecular flexibility index (Phi) is 5.12. The maximum Gasteiger partial charge on any atom is 0.225 e. The Morgan fingerprint density at radius 1 is 1.40 bits per heavy atom. The fourth-order valence-corrected chi connectivity index (χ4v) is 2.80. The van der Waals surface area contributed by atoms with Crippen molar-refractivity contribution in [3.63, 3.8) is 0 Å². The summed E-state index contributed by atoms with van der Waals surface area (Å²) in [5, 5.41) is 3.30. The van der Waals surface area contributed by atoms with Crippen molar-refractivity contribution in [1.29, 1.82) is 0 Å². The van der Waals surface area contributed by atoms with Gasteiger partial charge in [-0.25, -0.2) is 4.39 Å². The number of nitrogens with zero attached hydrogens (tertiary/aromatic N) is 1. The van der Waals surface area contributed by atoms with Gasteiger partial charge in [-0.1, -0.05) is 25.1 Å². The molecule has 110 valence electrons. The second kappa shape index (κ2) is 6.84. The van der Waals surface area contributed by atoms with E-state index in [1.54, 1.807) is 12.1 Å². The second-order valence-electron chi connectivity index (χ2n) is 5.63. The van der Waals surface area contributed by atoms with Crippen LogP contribution in [-0.2, 0) is 11.2 Å². The average molecular weight is 278 g/mol. The van der Waals surface area contributed by atoms with Gasteiger partial charge in [-0.2, -0.15) is 0 Å². The van der Waals surface area contributed by atoms with E-state index in [-0.39, 0.29) is 17.6 Å². The van der Waals surface area contributed by atoms with Crippen molar-refractivity contribution in [2.75, 3.05) is 20.1 Å². The molecule has 1 N–H and O–H groups in total. The highest BCUT2D eigenvalue weighted by molar-refractivity contribution is 5.78. The largest absolute Gasteiger partial charge is 0.342 e. The average Bonchev–Trinajstić information content (AvgIpc) is 2.49. The van der Waals surface area contributed by atoms with E-state index in [9.17, 15) is 9.18 Å². The summed E-state index contributed by atoms with van der Waals surface area (Å²) < 4.78 is 13.6. The van der Waals surface area contributed by atoms with Crippen LogP contribution in [0.1, 0.15) is 25.3 Å². The van der Waals surface area contributed by atoms with Gasteiger partial charge in [-0.15, -0.1) is 0 Å². The van der Waals surface area contributed by atoms with Gasteiger partial charge in [-0.05, 0) is 44.0 Å². The molecular weight excluding hydrogens is 255 g/mol. The molecule has 1 heterocycles. The highest BCUT2D eigenvalue weighted by Gasteiger charge is 2.25. The molecule has 1 atom stereocenters. The molecule has 20 heavy (non-hydrogen) atoms. The summed E-state index contributed by atoms with van der Waals surface area (Å²) in [7, 11) is 1.87. The molecular formula is C16H23FN2O.